The summed E-state index contributed by atoms with van der Waals surface area (Å²) in [6.45, 7) is 9.50. The second kappa shape index (κ2) is 5.17. The molecule has 0 saturated carbocycles. The molecule has 1 rings (SSSR count). The minimum atomic E-state index is -1.03. The molecule has 0 amide bonds. The fourth-order valence-electron chi connectivity index (χ4n) is 1.56. The zero-order valence-corrected chi connectivity index (χ0v) is 11.6. The van der Waals surface area contributed by atoms with Gasteiger partial charge < -0.3 is 0 Å². The zero-order chi connectivity index (χ0) is 14.1. The second-order valence-corrected chi connectivity index (χ2v) is 5.95. The summed E-state index contributed by atoms with van der Waals surface area (Å²) >= 11 is 0. The maximum atomic E-state index is 13.7. The molecule has 100 valence electrons. The summed E-state index contributed by atoms with van der Waals surface area (Å²) in [7, 11) is 0. The molecule has 0 aromatic heterocycles. The molecule has 1 unspecified atom stereocenters. The molecule has 0 aliphatic heterocycles. The number of hydrogen-bond donors (Lipinski definition) is 0. The fraction of sp³-hybridized carbons (Fsp3) is 0.533. The number of aryl methyl sites for hydroxylation is 1. The van der Waals surface area contributed by atoms with Crippen LogP contribution in [0.2, 0.25) is 0 Å². The summed E-state index contributed by atoms with van der Waals surface area (Å²) in [5, 5.41) is 0. The lowest BCUT2D eigenvalue weighted by Gasteiger charge is -2.26. The topological polar surface area (TPSA) is 17.1 Å². The van der Waals surface area contributed by atoms with Gasteiger partial charge in [0, 0.05) is 6.42 Å². The summed E-state index contributed by atoms with van der Waals surface area (Å²) in [6, 6.07) is 2.80. The highest BCUT2D eigenvalue weighted by atomic mass is 19.2. The molecule has 0 saturated heterocycles. The van der Waals surface area contributed by atoms with Gasteiger partial charge in [0.05, 0.1) is 5.56 Å². The van der Waals surface area contributed by atoms with Crippen molar-refractivity contribution in [1.29, 1.82) is 0 Å². The number of hydrogen-bond acceptors (Lipinski definition) is 1. The SMILES string of the molecule is Cc1ccc(C(=O)CC(C)C(C)(C)C)c(F)c1F. The minimum absolute atomic E-state index is 0.0324. The van der Waals surface area contributed by atoms with E-state index in [4.69, 9.17) is 0 Å². The molecule has 3 heteroatoms. The van der Waals surface area contributed by atoms with E-state index in [9.17, 15) is 13.6 Å². The van der Waals surface area contributed by atoms with Crippen molar-refractivity contribution in [2.45, 2.75) is 41.0 Å². The van der Waals surface area contributed by atoms with Gasteiger partial charge in [-0.3, -0.25) is 4.79 Å². The van der Waals surface area contributed by atoms with E-state index in [1.807, 2.05) is 27.7 Å². The molecular weight excluding hydrogens is 234 g/mol. The number of Topliss-reactive ketones (excluding diaryl/α,β-unsaturated/α-hetero) is 1. The molecule has 1 atom stereocenters. The molecule has 0 aliphatic carbocycles. The van der Waals surface area contributed by atoms with Gasteiger partial charge in [-0.05, 0) is 29.9 Å². The molecule has 0 bridgehead atoms. The third-order valence-electron chi connectivity index (χ3n) is 3.55. The summed E-state index contributed by atoms with van der Waals surface area (Å²) < 4.78 is 27.1. The first-order valence-corrected chi connectivity index (χ1v) is 6.12. The van der Waals surface area contributed by atoms with Crippen LogP contribution in [0, 0.1) is 29.9 Å². The molecule has 1 aromatic carbocycles. The molecule has 0 fully saturated rings. The van der Waals surface area contributed by atoms with E-state index >= 15 is 0 Å². The monoisotopic (exact) mass is 254 g/mol. The van der Waals surface area contributed by atoms with Gasteiger partial charge in [0.15, 0.2) is 17.4 Å². The Morgan fingerprint density at radius 3 is 2.28 bits per heavy atom. The largest absolute Gasteiger partial charge is 0.294 e. The van der Waals surface area contributed by atoms with Crippen LogP contribution in [0.1, 0.15) is 50.0 Å². The van der Waals surface area contributed by atoms with Crippen LogP contribution in [0.15, 0.2) is 12.1 Å². The lowest BCUT2D eigenvalue weighted by molar-refractivity contribution is 0.0922. The Kier molecular flexibility index (Phi) is 4.25. The van der Waals surface area contributed by atoms with E-state index in [0.29, 0.717) is 0 Å². The van der Waals surface area contributed by atoms with Crippen LogP contribution in [0.25, 0.3) is 0 Å². The number of halogens is 2. The van der Waals surface area contributed by atoms with Crippen LogP contribution in [0.5, 0.6) is 0 Å². The van der Waals surface area contributed by atoms with Crippen LogP contribution < -0.4 is 0 Å². The van der Waals surface area contributed by atoms with Crippen LogP contribution >= 0.6 is 0 Å². The number of benzene rings is 1. The van der Waals surface area contributed by atoms with Gasteiger partial charge in [-0.2, -0.15) is 0 Å². The zero-order valence-electron chi connectivity index (χ0n) is 11.6. The van der Waals surface area contributed by atoms with Crippen molar-refractivity contribution in [2.24, 2.45) is 11.3 Å². The van der Waals surface area contributed by atoms with Gasteiger partial charge in [-0.1, -0.05) is 33.8 Å². The summed E-state index contributed by atoms with van der Waals surface area (Å²) in [6.07, 6.45) is 0.225. The van der Waals surface area contributed by atoms with Gasteiger partial charge in [0.25, 0.3) is 0 Å². The number of ketones is 1. The summed E-state index contributed by atoms with van der Waals surface area (Å²) in [5.74, 6) is -2.19. The number of rotatable bonds is 3. The maximum Gasteiger partial charge on any atom is 0.169 e. The van der Waals surface area contributed by atoms with Crippen molar-refractivity contribution < 1.29 is 13.6 Å². The molecule has 1 nitrogen and oxygen atoms in total. The van der Waals surface area contributed by atoms with E-state index in [-0.39, 0.29) is 34.7 Å². The number of carbonyl (C=O) groups is 1. The predicted octanol–water partition coefficient (Wildman–Crippen LogP) is 4.53. The molecule has 0 aliphatic rings. The molecule has 0 radical (unpaired) electrons. The Morgan fingerprint density at radius 1 is 1.22 bits per heavy atom. The van der Waals surface area contributed by atoms with Crippen molar-refractivity contribution >= 4 is 5.78 Å². The van der Waals surface area contributed by atoms with E-state index in [1.54, 1.807) is 0 Å². The molecule has 0 spiro atoms. The van der Waals surface area contributed by atoms with Gasteiger partial charge >= 0.3 is 0 Å². The van der Waals surface area contributed by atoms with E-state index in [1.165, 1.54) is 19.1 Å². The van der Waals surface area contributed by atoms with Crippen LogP contribution in [-0.4, -0.2) is 5.78 Å². The summed E-state index contributed by atoms with van der Waals surface area (Å²) in [4.78, 5) is 12.0. The minimum Gasteiger partial charge on any atom is -0.294 e. The number of carbonyl (C=O) groups excluding carboxylic acids is 1. The average Bonchev–Trinajstić information content (AvgIpc) is 2.24. The normalized spacial score (nSPS) is 13.5. The van der Waals surface area contributed by atoms with Crippen molar-refractivity contribution in [3.05, 3.63) is 34.9 Å². The van der Waals surface area contributed by atoms with E-state index in [0.717, 1.165) is 0 Å². The molecule has 1 aromatic rings. The first-order valence-electron chi connectivity index (χ1n) is 6.12. The van der Waals surface area contributed by atoms with Crippen LogP contribution in [0.3, 0.4) is 0 Å². The highest BCUT2D eigenvalue weighted by molar-refractivity contribution is 5.96. The van der Waals surface area contributed by atoms with Crippen molar-refractivity contribution in [3.8, 4) is 0 Å². The third kappa shape index (κ3) is 3.15. The van der Waals surface area contributed by atoms with Crippen LogP contribution in [-0.2, 0) is 0 Å². The predicted molar refractivity (Wildman–Crippen MR) is 68.7 cm³/mol. The molecular formula is C15H20F2O. The van der Waals surface area contributed by atoms with Crippen molar-refractivity contribution in [3.63, 3.8) is 0 Å². The average molecular weight is 254 g/mol. The smallest absolute Gasteiger partial charge is 0.169 e. The second-order valence-electron chi connectivity index (χ2n) is 5.95. The Hall–Kier alpha value is -1.25. The van der Waals surface area contributed by atoms with Gasteiger partial charge in [0.2, 0.25) is 0 Å². The van der Waals surface area contributed by atoms with Crippen LogP contribution in [0.4, 0.5) is 8.78 Å². The van der Waals surface area contributed by atoms with E-state index in [2.05, 4.69) is 0 Å². The Balaban J connectivity index is 2.96. The quantitative estimate of drug-likeness (QED) is 0.724. The molecule has 0 N–H and O–H groups in total. The Morgan fingerprint density at radius 2 is 1.78 bits per heavy atom. The fourth-order valence-corrected chi connectivity index (χ4v) is 1.56. The lowest BCUT2D eigenvalue weighted by Crippen LogP contribution is -2.21. The standard InChI is InChI=1S/C15H20F2O/c1-9-6-7-11(14(17)13(9)16)12(18)8-10(2)15(3,4)5/h6-7,10H,8H2,1-5H3. The summed E-state index contributed by atoms with van der Waals surface area (Å²) in [5.41, 5.74) is 0.0390. The molecule has 18 heavy (non-hydrogen) atoms. The Labute approximate surface area is 107 Å². The highest BCUT2D eigenvalue weighted by Gasteiger charge is 2.25. The first-order chi connectivity index (χ1) is 8.14. The van der Waals surface area contributed by atoms with Gasteiger partial charge in [-0.15, -0.1) is 0 Å². The Bertz CT molecular complexity index is 458. The highest BCUT2D eigenvalue weighted by Crippen LogP contribution is 2.29. The van der Waals surface area contributed by atoms with Crippen molar-refractivity contribution in [1.82, 2.24) is 0 Å². The van der Waals surface area contributed by atoms with Gasteiger partial charge in [-0.25, -0.2) is 8.78 Å². The first kappa shape index (κ1) is 14.8. The maximum absolute atomic E-state index is 13.7. The van der Waals surface area contributed by atoms with Gasteiger partial charge in [0.1, 0.15) is 0 Å². The van der Waals surface area contributed by atoms with Crippen molar-refractivity contribution in [2.75, 3.05) is 0 Å². The van der Waals surface area contributed by atoms with E-state index < -0.39 is 11.6 Å². The third-order valence-corrected chi connectivity index (χ3v) is 3.55. The molecule has 0 heterocycles. The lowest BCUT2D eigenvalue weighted by atomic mass is 9.78.